The van der Waals surface area contributed by atoms with Gasteiger partial charge in [-0.2, -0.15) is 5.10 Å². The highest BCUT2D eigenvalue weighted by molar-refractivity contribution is 5.92. The molecule has 1 amide bonds. The maximum absolute atomic E-state index is 12.2. The van der Waals surface area contributed by atoms with Gasteiger partial charge in [0.2, 0.25) is 0 Å². The van der Waals surface area contributed by atoms with Crippen LogP contribution >= 0.6 is 0 Å². The summed E-state index contributed by atoms with van der Waals surface area (Å²) in [6, 6.07) is 9.95. The molecule has 5 nitrogen and oxygen atoms in total. The van der Waals surface area contributed by atoms with Crippen molar-refractivity contribution in [1.29, 1.82) is 0 Å². The van der Waals surface area contributed by atoms with E-state index in [1.165, 1.54) is 5.56 Å². The summed E-state index contributed by atoms with van der Waals surface area (Å²) >= 11 is 0. The van der Waals surface area contributed by atoms with Crippen LogP contribution in [0.25, 0.3) is 0 Å². The minimum Gasteiger partial charge on any atom is -0.347 e. The third-order valence-corrected chi connectivity index (χ3v) is 3.34. The average Bonchev–Trinajstić information content (AvgIpc) is 2.88. The molecule has 112 valence electrons. The number of aromatic nitrogens is 2. The van der Waals surface area contributed by atoms with Crippen LogP contribution in [0.15, 0.2) is 30.3 Å². The van der Waals surface area contributed by atoms with Gasteiger partial charge in [0.05, 0.1) is 5.69 Å². The standard InChI is InChI=1S/C16H22N4O/c1-3-20-15(10-12(2)19-20)16(21)18-11-14-6-4-13(5-7-14)8-9-17/h4-7,10H,3,8-9,11,17H2,1-2H3,(H,18,21). The van der Waals surface area contributed by atoms with Crippen LogP contribution in [0.2, 0.25) is 0 Å². The van der Waals surface area contributed by atoms with E-state index in [1.54, 1.807) is 4.68 Å². The quantitative estimate of drug-likeness (QED) is 0.848. The predicted molar refractivity (Wildman–Crippen MR) is 83.0 cm³/mol. The fourth-order valence-electron chi connectivity index (χ4n) is 2.23. The van der Waals surface area contributed by atoms with E-state index in [0.717, 1.165) is 17.7 Å². The van der Waals surface area contributed by atoms with Crippen LogP contribution in [0, 0.1) is 6.92 Å². The van der Waals surface area contributed by atoms with Gasteiger partial charge in [0.15, 0.2) is 0 Å². The summed E-state index contributed by atoms with van der Waals surface area (Å²) in [6.45, 7) is 5.70. The summed E-state index contributed by atoms with van der Waals surface area (Å²) in [5.74, 6) is -0.0940. The fourth-order valence-corrected chi connectivity index (χ4v) is 2.23. The number of nitrogens with one attached hydrogen (secondary N) is 1. The second-order valence-electron chi connectivity index (χ2n) is 5.02. The molecule has 1 aromatic carbocycles. The van der Waals surface area contributed by atoms with Crippen LogP contribution in [-0.4, -0.2) is 22.2 Å². The van der Waals surface area contributed by atoms with Crippen molar-refractivity contribution in [1.82, 2.24) is 15.1 Å². The molecule has 0 aliphatic heterocycles. The van der Waals surface area contributed by atoms with Crippen molar-refractivity contribution >= 4 is 5.91 Å². The first kappa shape index (κ1) is 15.3. The maximum Gasteiger partial charge on any atom is 0.269 e. The molecule has 0 saturated carbocycles. The molecule has 2 rings (SSSR count). The molecule has 2 aromatic rings. The Morgan fingerprint density at radius 1 is 1.29 bits per heavy atom. The first-order chi connectivity index (χ1) is 10.1. The van der Waals surface area contributed by atoms with Crippen molar-refractivity contribution in [2.75, 3.05) is 6.54 Å². The Kier molecular flexibility index (Phi) is 5.11. The number of benzene rings is 1. The molecule has 0 unspecified atom stereocenters. The van der Waals surface area contributed by atoms with Crippen LogP contribution < -0.4 is 11.1 Å². The van der Waals surface area contributed by atoms with E-state index in [0.29, 0.717) is 25.3 Å². The average molecular weight is 286 g/mol. The molecular weight excluding hydrogens is 264 g/mol. The van der Waals surface area contributed by atoms with Gasteiger partial charge in [0.25, 0.3) is 5.91 Å². The summed E-state index contributed by atoms with van der Waals surface area (Å²) in [7, 11) is 0. The number of hydrogen-bond acceptors (Lipinski definition) is 3. The van der Waals surface area contributed by atoms with E-state index in [2.05, 4.69) is 22.5 Å². The largest absolute Gasteiger partial charge is 0.347 e. The van der Waals surface area contributed by atoms with E-state index in [4.69, 9.17) is 5.73 Å². The van der Waals surface area contributed by atoms with Crippen molar-refractivity contribution in [2.45, 2.75) is 33.4 Å². The zero-order chi connectivity index (χ0) is 15.2. The number of amides is 1. The molecule has 0 bridgehead atoms. The van der Waals surface area contributed by atoms with Crippen LogP contribution in [0.1, 0.15) is 34.2 Å². The van der Waals surface area contributed by atoms with Gasteiger partial charge in [-0.05, 0) is 44.0 Å². The zero-order valence-electron chi connectivity index (χ0n) is 12.6. The minimum atomic E-state index is -0.0940. The summed E-state index contributed by atoms with van der Waals surface area (Å²) in [5.41, 5.74) is 9.27. The SMILES string of the molecule is CCn1nc(C)cc1C(=O)NCc1ccc(CCN)cc1. The lowest BCUT2D eigenvalue weighted by atomic mass is 10.1. The van der Waals surface area contributed by atoms with E-state index in [-0.39, 0.29) is 5.91 Å². The van der Waals surface area contributed by atoms with Gasteiger partial charge in [-0.25, -0.2) is 0 Å². The van der Waals surface area contributed by atoms with Crippen molar-refractivity contribution < 1.29 is 4.79 Å². The molecule has 0 spiro atoms. The van der Waals surface area contributed by atoms with Crippen molar-refractivity contribution in [3.05, 3.63) is 52.8 Å². The first-order valence-electron chi connectivity index (χ1n) is 7.24. The Morgan fingerprint density at radius 3 is 2.57 bits per heavy atom. The highest BCUT2D eigenvalue weighted by atomic mass is 16.2. The lowest BCUT2D eigenvalue weighted by molar-refractivity contribution is 0.0940. The Balaban J connectivity index is 1.97. The number of hydrogen-bond donors (Lipinski definition) is 2. The number of nitrogens with two attached hydrogens (primary N) is 1. The molecule has 0 fully saturated rings. The van der Waals surface area contributed by atoms with Gasteiger partial charge < -0.3 is 11.1 Å². The zero-order valence-corrected chi connectivity index (χ0v) is 12.6. The van der Waals surface area contributed by atoms with Crippen LogP contribution in [-0.2, 0) is 19.5 Å². The Labute approximate surface area is 125 Å². The van der Waals surface area contributed by atoms with Gasteiger partial charge in [-0.15, -0.1) is 0 Å². The van der Waals surface area contributed by atoms with Crippen LogP contribution in [0.5, 0.6) is 0 Å². The van der Waals surface area contributed by atoms with Crippen molar-refractivity contribution in [3.63, 3.8) is 0 Å². The minimum absolute atomic E-state index is 0.0940. The fraction of sp³-hybridized carbons (Fsp3) is 0.375. The lowest BCUT2D eigenvalue weighted by Gasteiger charge is -2.07. The van der Waals surface area contributed by atoms with Gasteiger partial charge in [0.1, 0.15) is 5.69 Å². The number of carbonyl (C=O) groups excluding carboxylic acids is 1. The summed E-state index contributed by atoms with van der Waals surface area (Å²) < 4.78 is 1.72. The summed E-state index contributed by atoms with van der Waals surface area (Å²) in [5, 5.41) is 7.21. The monoisotopic (exact) mass is 286 g/mol. The molecule has 0 aliphatic carbocycles. The summed E-state index contributed by atoms with van der Waals surface area (Å²) in [4.78, 5) is 12.2. The topological polar surface area (TPSA) is 72.9 Å². The Bertz CT molecular complexity index is 601. The lowest BCUT2D eigenvalue weighted by Crippen LogP contribution is -2.25. The van der Waals surface area contributed by atoms with Gasteiger partial charge >= 0.3 is 0 Å². The molecule has 0 radical (unpaired) electrons. The number of carbonyl (C=O) groups is 1. The third-order valence-electron chi connectivity index (χ3n) is 3.34. The molecule has 1 aromatic heterocycles. The molecule has 0 aliphatic rings. The number of nitrogens with zero attached hydrogens (tertiary/aromatic N) is 2. The normalized spacial score (nSPS) is 10.6. The van der Waals surface area contributed by atoms with Crippen LogP contribution in [0.3, 0.4) is 0 Å². The van der Waals surface area contributed by atoms with E-state index < -0.39 is 0 Å². The predicted octanol–water partition coefficient (Wildman–Crippen LogP) is 1.64. The van der Waals surface area contributed by atoms with E-state index in [9.17, 15) is 4.79 Å². The Hall–Kier alpha value is -2.14. The maximum atomic E-state index is 12.2. The van der Waals surface area contributed by atoms with Gasteiger partial charge in [0, 0.05) is 13.1 Å². The second-order valence-corrected chi connectivity index (χ2v) is 5.02. The van der Waals surface area contributed by atoms with Gasteiger partial charge in [-0.3, -0.25) is 9.48 Å². The Morgan fingerprint density at radius 2 is 1.95 bits per heavy atom. The second kappa shape index (κ2) is 7.04. The molecule has 0 atom stereocenters. The summed E-state index contributed by atoms with van der Waals surface area (Å²) in [6.07, 6.45) is 0.877. The molecule has 1 heterocycles. The van der Waals surface area contributed by atoms with Crippen LogP contribution in [0.4, 0.5) is 0 Å². The van der Waals surface area contributed by atoms with E-state index in [1.807, 2.05) is 32.0 Å². The van der Waals surface area contributed by atoms with Crippen molar-refractivity contribution in [3.8, 4) is 0 Å². The van der Waals surface area contributed by atoms with Crippen molar-refractivity contribution in [2.24, 2.45) is 5.73 Å². The van der Waals surface area contributed by atoms with E-state index >= 15 is 0 Å². The highest BCUT2D eigenvalue weighted by Gasteiger charge is 2.12. The smallest absolute Gasteiger partial charge is 0.269 e. The molecule has 5 heteroatoms. The van der Waals surface area contributed by atoms with Gasteiger partial charge in [-0.1, -0.05) is 24.3 Å². The molecular formula is C16H22N4O. The highest BCUT2D eigenvalue weighted by Crippen LogP contribution is 2.07. The molecule has 21 heavy (non-hydrogen) atoms. The number of aryl methyl sites for hydroxylation is 2. The molecule has 0 saturated heterocycles. The molecule has 3 N–H and O–H groups in total. The number of rotatable bonds is 6. The third kappa shape index (κ3) is 3.92. The first-order valence-corrected chi connectivity index (χ1v) is 7.24.